The molecule has 6 heteroatoms. The summed E-state index contributed by atoms with van der Waals surface area (Å²) < 4.78 is 1.54. The molecular formula is C8H9N5O. The Morgan fingerprint density at radius 3 is 2.93 bits per heavy atom. The summed E-state index contributed by atoms with van der Waals surface area (Å²) in [6.45, 7) is 1.92. The van der Waals surface area contributed by atoms with Gasteiger partial charge in [-0.2, -0.15) is 10.2 Å². The van der Waals surface area contributed by atoms with Crippen molar-refractivity contribution in [2.24, 2.45) is 0 Å². The fourth-order valence-electron chi connectivity index (χ4n) is 1.06. The minimum absolute atomic E-state index is 0.128. The molecule has 2 rings (SSSR count). The van der Waals surface area contributed by atoms with E-state index in [1.165, 1.54) is 6.07 Å². The van der Waals surface area contributed by atoms with Gasteiger partial charge in [0.2, 0.25) is 0 Å². The van der Waals surface area contributed by atoms with Crippen molar-refractivity contribution in [1.82, 2.24) is 20.0 Å². The number of aromatic nitrogens is 4. The van der Waals surface area contributed by atoms with Gasteiger partial charge in [0.05, 0.1) is 6.20 Å². The predicted molar refractivity (Wildman–Crippen MR) is 51.1 cm³/mol. The van der Waals surface area contributed by atoms with Crippen molar-refractivity contribution >= 4 is 5.69 Å². The Hall–Kier alpha value is -2.11. The maximum Gasteiger partial charge on any atom is 0.287 e. The fraction of sp³-hybridized carbons (Fsp3) is 0.125. The minimum atomic E-state index is -0.391. The molecule has 0 unspecified atom stereocenters. The number of nitrogen functional groups attached to an aromatic ring is 1. The largest absolute Gasteiger partial charge is 0.394 e. The van der Waals surface area contributed by atoms with Crippen molar-refractivity contribution in [3.8, 4) is 5.82 Å². The summed E-state index contributed by atoms with van der Waals surface area (Å²) in [6, 6.07) is 1.48. The van der Waals surface area contributed by atoms with Crippen LogP contribution in [0.3, 0.4) is 0 Å². The Morgan fingerprint density at radius 1 is 1.57 bits per heavy atom. The van der Waals surface area contributed by atoms with E-state index < -0.39 is 5.56 Å². The van der Waals surface area contributed by atoms with Crippen molar-refractivity contribution in [3.63, 3.8) is 0 Å². The lowest BCUT2D eigenvalue weighted by Crippen LogP contribution is -2.15. The lowest BCUT2D eigenvalue weighted by molar-refractivity contribution is 0.808. The molecule has 0 saturated carbocycles. The molecular weight excluding hydrogens is 182 g/mol. The molecule has 2 aromatic rings. The van der Waals surface area contributed by atoms with Gasteiger partial charge in [-0.1, -0.05) is 0 Å². The number of hydrogen-bond donors (Lipinski definition) is 2. The Kier molecular flexibility index (Phi) is 1.81. The Bertz CT molecular complexity index is 512. The average molecular weight is 191 g/mol. The molecule has 0 bridgehead atoms. The predicted octanol–water partition coefficient (Wildman–Crippen LogP) is -0.154. The summed E-state index contributed by atoms with van der Waals surface area (Å²) in [7, 11) is 0. The van der Waals surface area contributed by atoms with E-state index in [1.54, 1.807) is 17.1 Å². The Balaban J connectivity index is 2.52. The summed E-state index contributed by atoms with van der Waals surface area (Å²) in [5, 5.41) is 10.1. The van der Waals surface area contributed by atoms with E-state index in [4.69, 9.17) is 5.73 Å². The van der Waals surface area contributed by atoms with E-state index in [9.17, 15) is 4.79 Å². The Morgan fingerprint density at radius 2 is 2.36 bits per heavy atom. The van der Waals surface area contributed by atoms with E-state index in [2.05, 4.69) is 15.3 Å². The van der Waals surface area contributed by atoms with Crippen LogP contribution in [0.15, 0.2) is 23.3 Å². The second-order valence-corrected chi connectivity index (χ2v) is 2.97. The molecule has 0 aliphatic carbocycles. The SMILES string of the molecule is Cc1cnn(-c2cc(N)c(=O)[nH]n2)c1. The molecule has 0 atom stereocenters. The number of rotatable bonds is 1. The maximum absolute atomic E-state index is 10.9. The molecule has 0 aliphatic rings. The molecule has 0 aliphatic heterocycles. The third-order valence-corrected chi connectivity index (χ3v) is 1.77. The third kappa shape index (κ3) is 1.37. The summed E-state index contributed by atoms with van der Waals surface area (Å²) >= 11 is 0. The molecule has 2 heterocycles. The minimum Gasteiger partial charge on any atom is -0.394 e. The molecule has 0 spiro atoms. The highest BCUT2D eigenvalue weighted by molar-refractivity contribution is 5.40. The van der Waals surface area contributed by atoms with Crippen LogP contribution in [0.4, 0.5) is 5.69 Å². The highest BCUT2D eigenvalue weighted by Gasteiger charge is 2.02. The lowest BCUT2D eigenvalue weighted by atomic mass is 10.4. The molecule has 3 N–H and O–H groups in total. The van der Waals surface area contributed by atoms with Gasteiger partial charge in [0.1, 0.15) is 5.69 Å². The van der Waals surface area contributed by atoms with Gasteiger partial charge in [-0.3, -0.25) is 4.79 Å². The quantitative estimate of drug-likeness (QED) is 0.655. The van der Waals surface area contributed by atoms with Gasteiger partial charge in [0, 0.05) is 12.3 Å². The summed E-state index contributed by atoms with van der Waals surface area (Å²) in [5.41, 5.74) is 6.19. The van der Waals surface area contributed by atoms with Crippen molar-refractivity contribution < 1.29 is 0 Å². The number of H-pyrrole nitrogens is 1. The number of aryl methyl sites for hydroxylation is 1. The Labute approximate surface area is 79.4 Å². The highest BCUT2D eigenvalue weighted by Crippen LogP contribution is 2.04. The fourth-order valence-corrected chi connectivity index (χ4v) is 1.06. The monoisotopic (exact) mass is 191 g/mol. The van der Waals surface area contributed by atoms with Gasteiger partial charge in [-0.05, 0) is 12.5 Å². The molecule has 0 radical (unpaired) electrons. The molecule has 6 nitrogen and oxygen atoms in total. The zero-order chi connectivity index (χ0) is 10.1. The first-order chi connectivity index (χ1) is 6.66. The highest BCUT2D eigenvalue weighted by atomic mass is 16.1. The summed E-state index contributed by atoms with van der Waals surface area (Å²) in [4.78, 5) is 10.9. The van der Waals surface area contributed by atoms with E-state index in [-0.39, 0.29) is 5.69 Å². The van der Waals surface area contributed by atoms with Crippen LogP contribution in [0, 0.1) is 6.92 Å². The number of hydrogen-bond acceptors (Lipinski definition) is 4. The van der Waals surface area contributed by atoms with Crippen LogP contribution in [0.1, 0.15) is 5.56 Å². The molecule has 0 amide bonds. The zero-order valence-corrected chi connectivity index (χ0v) is 7.56. The number of nitrogens with one attached hydrogen (secondary N) is 1. The van der Waals surface area contributed by atoms with Crippen molar-refractivity contribution in [2.45, 2.75) is 6.92 Å². The number of aromatic amines is 1. The maximum atomic E-state index is 10.9. The zero-order valence-electron chi connectivity index (χ0n) is 7.56. The molecule has 2 aromatic heterocycles. The van der Waals surface area contributed by atoms with Gasteiger partial charge in [-0.25, -0.2) is 9.78 Å². The lowest BCUT2D eigenvalue weighted by Gasteiger charge is -1.99. The summed E-state index contributed by atoms with van der Waals surface area (Å²) in [5.74, 6) is 0.496. The van der Waals surface area contributed by atoms with Gasteiger partial charge in [-0.15, -0.1) is 0 Å². The molecule has 14 heavy (non-hydrogen) atoms. The van der Waals surface area contributed by atoms with Crippen LogP contribution in [-0.4, -0.2) is 20.0 Å². The van der Waals surface area contributed by atoms with Crippen molar-refractivity contribution in [3.05, 3.63) is 34.4 Å². The topological polar surface area (TPSA) is 89.6 Å². The van der Waals surface area contributed by atoms with Gasteiger partial charge < -0.3 is 5.73 Å². The van der Waals surface area contributed by atoms with Crippen molar-refractivity contribution in [2.75, 3.05) is 5.73 Å². The van der Waals surface area contributed by atoms with Gasteiger partial charge in [0.25, 0.3) is 5.56 Å². The second-order valence-electron chi connectivity index (χ2n) is 2.97. The van der Waals surface area contributed by atoms with E-state index in [0.29, 0.717) is 5.82 Å². The molecule has 72 valence electrons. The second kappa shape index (κ2) is 2.99. The number of nitrogens with two attached hydrogens (primary N) is 1. The van der Waals surface area contributed by atoms with Crippen LogP contribution in [0.5, 0.6) is 0 Å². The first-order valence-corrected chi connectivity index (χ1v) is 4.03. The first kappa shape index (κ1) is 8.49. The van der Waals surface area contributed by atoms with Crippen LogP contribution in [0.25, 0.3) is 5.82 Å². The van der Waals surface area contributed by atoms with Gasteiger partial charge >= 0.3 is 0 Å². The number of nitrogens with zero attached hydrogens (tertiary/aromatic N) is 3. The van der Waals surface area contributed by atoms with Crippen LogP contribution >= 0.6 is 0 Å². The van der Waals surface area contributed by atoms with E-state index in [0.717, 1.165) is 5.56 Å². The molecule has 0 aromatic carbocycles. The molecule has 0 fully saturated rings. The smallest absolute Gasteiger partial charge is 0.287 e. The third-order valence-electron chi connectivity index (χ3n) is 1.77. The van der Waals surface area contributed by atoms with E-state index in [1.807, 2.05) is 6.92 Å². The standard InChI is InChI=1S/C8H9N5O/c1-5-3-10-13(4-5)7-2-6(9)8(14)12-11-7/h2-4H,1H3,(H2,9,11)(H,12,14). The summed E-state index contributed by atoms with van der Waals surface area (Å²) in [6.07, 6.45) is 3.49. The molecule has 0 saturated heterocycles. The normalized spacial score (nSPS) is 10.4. The van der Waals surface area contributed by atoms with E-state index >= 15 is 0 Å². The first-order valence-electron chi connectivity index (χ1n) is 4.03. The van der Waals surface area contributed by atoms with Crippen LogP contribution in [-0.2, 0) is 0 Å². The van der Waals surface area contributed by atoms with Crippen LogP contribution < -0.4 is 11.3 Å². The average Bonchev–Trinajstić information content (AvgIpc) is 2.57. The van der Waals surface area contributed by atoms with Gasteiger partial charge in [0.15, 0.2) is 5.82 Å². The number of anilines is 1. The van der Waals surface area contributed by atoms with Crippen LogP contribution in [0.2, 0.25) is 0 Å². The van der Waals surface area contributed by atoms with Crippen molar-refractivity contribution in [1.29, 1.82) is 0 Å².